The SMILES string of the molecule is CCOc1ccc(-c2nnc(NC(=O)C3CCCCC3)s2)cc1. The minimum atomic E-state index is 0.0825. The van der Waals surface area contributed by atoms with Crippen LogP contribution in [0.1, 0.15) is 39.0 Å². The van der Waals surface area contributed by atoms with Gasteiger partial charge in [0, 0.05) is 11.5 Å². The molecule has 1 saturated carbocycles. The minimum Gasteiger partial charge on any atom is -0.494 e. The zero-order valence-corrected chi connectivity index (χ0v) is 14.1. The fourth-order valence-corrected chi connectivity index (χ4v) is 3.58. The second-order valence-electron chi connectivity index (χ2n) is 5.69. The van der Waals surface area contributed by atoms with Crippen LogP contribution in [-0.2, 0) is 4.79 Å². The first-order chi connectivity index (χ1) is 11.3. The summed E-state index contributed by atoms with van der Waals surface area (Å²) in [5.74, 6) is 1.05. The number of carbonyl (C=O) groups excluding carboxylic acids is 1. The Labute approximate surface area is 140 Å². The van der Waals surface area contributed by atoms with Gasteiger partial charge in [-0.3, -0.25) is 4.79 Å². The van der Waals surface area contributed by atoms with Crippen LogP contribution in [0.4, 0.5) is 5.13 Å². The van der Waals surface area contributed by atoms with Gasteiger partial charge >= 0.3 is 0 Å². The van der Waals surface area contributed by atoms with Crippen molar-refractivity contribution in [3.63, 3.8) is 0 Å². The fraction of sp³-hybridized carbons (Fsp3) is 0.471. The van der Waals surface area contributed by atoms with Crippen LogP contribution in [0, 0.1) is 5.92 Å². The van der Waals surface area contributed by atoms with Crippen molar-refractivity contribution >= 4 is 22.4 Å². The summed E-state index contributed by atoms with van der Waals surface area (Å²) in [4.78, 5) is 12.2. The summed E-state index contributed by atoms with van der Waals surface area (Å²) in [6, 6.07) is 7.75. The lowest BCUT2D eigenvalue weighted by atomic mass is 9.89. The highest BCUT2D eigenvalue weighted by atomic mass is 32.1. The highest BCUT2D eigenvalue weighted by molar-refractivity contribution is 7.18. The van der Waals surface area contributed by atoms with Crippen molar-refractivity contribution in [2.45, 2.75) is 39.0 Å². The lowest BCUT2D eigenvalue weighted by Gasteiger charge is -2.19. The first kappa shape index (κ1) is 15.9. The average molecular weight is 331 g/mol. The monoisotopic (exact) mass is 331 g/mol. The predicted molar refractivity (Wildman–Crippen MR) is 91.7 cm³/mol. The Hall–Kier alpha value is -1.95. The topological polar surface area (TPSA) is 64.1 Å². The number of anilines is 1. The second kappa shape index (κ2) is 7.55. The molecule has 1 heterocycles. The molecule has 5 nitrogen and oxygen atoms in total. The van der Waals surface area contributed by atoms with E-state index in [-0.39, 0.29) is 11.8 Å². The van der Waals surface area contributed by atoms with Crippen LogP contribution in [0.15, 0.2) is 24.3 Å². The van der Waals surface area contributed by atoms with Crippen molar-refractivity contribution in [2.75, 3.05) is 11.9 Å². The number of carbonyl (C=O) groups is 1. The molecule has 2 aromatic rings. The molecular weight excluding hydrogens is 310 g/mol. The molecule has 0 unspecified atom stereocenters. The molecule has 1 fully saturated rings. The van der Waals surface area contributed by atoms with Gasteiger partial charge in [0.05, 0.1) is 6.61 Å². The molecule has 1 aliphatic carbocycles. The van der Waals surface area contributed by atoms with Crippen LogP contribution in [0.25, 0.3) is 10.6 Å². The molecule has 0 radical (unpaired) electrons. The van der Waals surface area contributed by atoms with Crippen LogP contribution in [-0.4, -0.2) is 22.7 Å². The molecule has 0 saturated heterocycles. The summed E-state index contributed by atoms with van der Waals surface area (Å²) in [5.41, 5.74) is 0.976. The number of hydrogen-bond donors (Lipinski definition) is 1. The van der Waals surface area contributed by atoms with Gasteiger partial charge in [0.2, 0.25) is 11.0 Å². The molecule has 6 heteroatoms. The number of nitrogens with zero attached hydrogens (tertiary/aromatic N) is 2. The van der Waals surface area contributed by atoms with E-state index in [4.69, 9.17) is 4.74 Å². The molecule has 0 bridgehead atoms. The van der Waals surface area contributed by atoms with E-state index in [0.29, 0.717) is 11.7 Å². The number of benzene rings is 1. The summed E-state index contributed by atoms with van der Waals surface area (Å²) in [5, 5.41) is 12.6. The van der Waals surface area contributed by atoms with Gasteiger partial charge in [0.1, 0.15) is 10.8 Å². The summed E-state index contributed by atoms with van der Waals surface area (Å²) in [6.45, 7) is 2.61. The van der Waals surface area contributed by atoms with Crippen LogP contribution < -0.4 is 10.1 Å². The highest BCUT2D eigenvalue weighted by Crippen LogP contribution is 2.29. The Morgan fingerprint density at radius 1 is 1.22 bits per heavy atom. The normalized spacial score (nSPS) is 15.3. The molecule has 1 amide bonds. The summed E-state index contributed by atoms with van der Waals surface area (Å²) in [6.07, 6.45) is 5.49. The predicted octanol–water partition coefficient (Wildman–Crippen LogP) is 4.12. The van der Waals surface area contributed by atoms with Crippen molar-refractivity contribution in [2.24, 2.45) is 5.92 Å². The molecule has 3 rings (SSSR count). The maximum Gasteiger partial charge on any atom is 0.229 e. The summed E-state index contributed by atoms with van der Waals surface area (Å²) >= 11 is 1.40. The Morgan fingerprint density at radius 3 is 2.65 bits per heavy atom. The maximum atomic E-state index is 12.2. The van der Waals surface area contributed by atoms with E-state index in [1.807, 2.05) is 31.2 Å². The van der Waals surface area contributed by atoms with Crippen LogP contribution >= 0.6 is 11.3 Å². The van der Waals surface area contributed by atoms with E-state index in [1.54, 1.807) is 0 Å². The third kappa shape index (κ3) is 4.07. The average Bonchev–Trinajstić information content (AvgIpc) is 3.05. The van der Waals surface area contributed by atoms with Gasteiger partial charge in [0.15, 0.2) is 0 Å². The Kier molecular flexibility index (Phi) is 5.23. The van der Waals surface area contributed by atoms with Crippen molar-refractivity contribution in [3.05, 3.63) is 24.3 Å². The molecule has 23 heavy (non-hydrogen) atoms. The van der Waals surface area contributed by atoms with Crippen molar-refractivity contribution < 1.29 is 9.53 Å². The zero-order valence-electron chi connectivity index (χ0n) is 13.2. The van der Waals surface area contributed by atoms with Gasteiger partial charge in [-0.05, 0) is 44.0 Å². The van der Waals surface area contributed by atoms with Crippen LogP contribution in [0.3, 0.4) is 0 Å². The van der Waals surface area contributed by atoms with E-state index in [1.165, 1.54) is 17.8 Å². The molecule has 1 aromatic carbocycles. The van der Waals surface area contributed by atoms with Crippen molar-refractivity contribution in [3.8, 4) is 16.3 Å². The van der Waals surface area contributed by atoms with Gasteiger partial charge in [0.25, 0.3) is 0 Å². The van der Waals surface area contributed by atoms with Gasteiger partial charge in [-0.2, -0.15) is 0 Å². The quantitative estimate of drug-likeness (QED) is 0.895. The summed E-state index contributed by atoms with van der Waals surface area (Å²) in [7, 11) is 0. The standard InChI is InChI=1S/C17H21N3O2S/c1-2-22-14-10-8-13(9-11-14)16-19-20-17(23-16)18-15(21)12-6-4-3-5-7-12/h8-12H,2-7H2,1H3,(H,18,20,21). The fourth-order valence-electron chi connectivity index (χ4n) is 2.82. The summed E-state index contributed by atoms with van der Waals surface area (Å²) < 4.78 is 5.43. The third-order valence-electron chi connectivity index (χ3n) is 4.04. The Morgan fingerprint density at radius 2 is 1.96 bits per heavy atom. The number of rotatable bonds is 5. The number of hydrogen-bond acceptors (Lipinski definition) is 5. The minimum absolute atomic E-state index is 0.0825. The molecule has 1 N–H and O–H groups in total. The molecule has 122 valence electrons. The number of aromatic nitrogens is 2. The molecule has 1 aromatic heterocycles. The third-order valence-corrected chi connectivity index (χ3v) is 4.93. The largest absolute Gasteiger partial charge is 0.494 e. The van der Waals surface area contributed by atoms with Crippen molar-refractivity contribution in [1.82, 2.24) is 10.2 Å². The maximum absolute atomic E-state index is 12.2. The Balaban J connectivity index is 1.64. The highest BCUT2D eigenvalue weighted by Gasteiger charge is 2.22. The lowest BCUT2D eigenvalue weighted by molar-refractivity contribution is -0.120. The second-order valence-corrected chi connectivity index (χ2v) is 6.67. The first-order valence-corrected chi connectivity index (χ1v) is 8.95. The van der Waals surface area contributed by atoms with E-state index in [9.17, 15) is 4.79 Å². The van der Waals surface area contributed by atoms with Gasteiger partial charge in [-0.25, -0.2) is 0 Å². The molecular formula is C17H21N3O2S. The van der Waals surface area contributed by atoms with E-state index in [2.05, 4.69) is 15.5 Å². The molecule has 0 spiro atoms. The van der Waals surface area contributed by atoms with E-state index >= 15 is 0 Å². The van der Waals surface area contributed by atoms with Crippen LogP contribution in [0.2, 0.25) is 0 Å². The number of amides is 1. The zero-order chi connectivity index (χ0) is 16.1. The lowest BCUT2D eigenvalue weighted by Crippen LogP contribution is -2.24. The van der Waals surface area contributed by atoms with Gasteiger partial charge < -0.3 is 10.1 Å². The molecule has 1 aliphatic rings. The number of nitrogens with one attached hydrogen (secondary N) is 1. The van der Waals surface area contributed by atoms with Crippen molar-refractivity contribution in [1.29, 1.82) is 0 Å². The van der Waals surface area contributed by atoms with E-state index in [0.717, 1.165) is 42.0 Å². The smallest absolute Gasteiger partial charge is 0.229 e. The first-order valence-electron chi connectivity index (χ1n) is 8.14. The number of ether oxygens (including phenoxy) is 1. The van der Waals surface area contributed by atoms with Crippen LogP contribution in [0.5, 0.6) is 5.75 Å². The van der Waals surface area contributed by atoms with E-state index < -0.39 is 0 Å². The molecule has 0 atom stereocenters. The van der Waals surface area contributed by atoms with Gasteiger partial charge in [-0.1, -0.05) is 30.6 Å². The Bertz CT molecular complexity index is 648. The van der Waals surface area contributed by atoms with Gasteiger partial charge in [-0.15, -0.1) is 10.2 Å². The molecule has 0 aliphatic heterocycles.